The van der Waals surface area contributed by atoms with E-state index in [1.807, 2.05) is 25.1 Å². The van der Waals surface area contributed by atoms with Crippen LogP contribution in [0.1, 0.15) is 22.8 Å². The first-order valence-electron chi connectivity index (χ1n) is 4.51. The Morgan fingerprint density at radius 3 is 2.71 bits per heavy atom. The second-order valence-corrected chi connectivity index (χ2v) is 4.84. The number of hydrogen-bond donors (Lipinski definition) is 0. The van der Waals surface area contributed by atoms with Gasteiger partial charge in [-0.15, -0.1) is 11.8 Å². The van der Waals surface area contributed by atoms with Crippen LogP contribution in [0.5, 0.6) is 0 Å². The van der Waals surface area contributed by atoms with E-state index in [-0.39, 0.29) is 5.78 Å². The lowest BCUT2D eigenvalue weighted by Gasteiger charge is -2.05. The molecule has 0 N–H and O–H groups in total. The zero-order valence-electron chi connectivity index (χ0n) is 8.34. The molecule has 0 aliphatic rings. The van der Waals surface area contributed by atoms with Crippen LogP contribution in [0, 0.1) is 6.92 Å². The SMILES string of the molecule is CCSc1ccc(C(=O)CBr)cc1C. The Morgan fingerprint density at radius 1 is 1.50 bits per heavy atom. The average molecular weight is 273 g/mol. The smallest absolute Gasteiger partial charge is 0.173 e. The molecule has 0 fully saturated rings. The molecular formula is C11H13BrOS. The summed E-state index contributed by atoms with van der Waals surface area (Å²) in [5.41, 5.74) is 1.98. The maximum atomic E-state index is 11.4. The van der Waals surface area contributed by atoms with Crippen LogP contribution < -0.4 is 0 Å². The minimum Gasteiger partial charge on any atom is -0.293 e. The first-order valence-corrected chi connectivity index (χ1v) is 6.62. The van der Waals surface area contributed by atoms with E-state index in [0.29, 0.717) is 5.33 Å². The molecule has 0 saturated carbocycles. The predicted molar refractivity (Wildman–Crippen MR) is 65.7 cm³/mol. The van der Waals surface area contributed by atoms with Gasteiger partial charge < -0.3 is 0 Å². The molecule has 0 amide bonds. The lowest BCUT2D eigenvalue weighted by molar-refractivity contribution is 0.102. The second kappa shape index (κ2) is 5.56. The Labute approximate surface area is 97.4 Å². The van der Waals surface area contributed by atoms with E-state index in [4.69, 9.17) is 0 Å². The minimum atomic E-state index is 0.140. The molecule has 76 valence electrons. The normalized spacial score (nSPS) is 10.2. The number of thioether (sulfide) groups is 1. The van der Waals surface area contributed by atoms with Gasteiger partial charge in [0.1, 0.15) is 0 Å². The van der Waals surface area contributed by atoms with Crippen molar-refractivity contribution < 1.29 is 4.79 Å². The molecule has 1 nitrogen and oxygen atoms in total. The zero-order chi connectivity index (χ0) is 10.6. The predicted octanol–water partition coefficient (Wildman–Crippen LogP) is 3.68. The molecule has 0 unspecified atom stereocenters. The highest BCUT2D eigenvalue weighted by Gasteiger charge is 2.05. The van der Waals surface area contributed by atoms with E-state index in [1.54, 1.807) is 11.8 Å². The molecule has 3 heteroatoms. The summed E-state index contributed by atoms with van der Waals surface area (Å²) in [6.07, 6.45) is 0. The van der Waals surface area contributed by atoms with Crippen molar-refractivity contribution >= 4 is 33.5 Å². The zero-order valence-corrected chi connectivity index (χ0v) is 10.7. The lowest BCUT2D eigenvalue weighted by atomic mass is 10.1. The highest BCUT2D eigenvalue weighted by molar-refractivity contribution is 9.09. The van der Waals surface area contributed by atoms with E-state index >= 15 is 0 Å². The van der Waals surface area contributed by atoms with Crippen molar-refractivity contribution in [3.63, 3.8) is 0 Å². The summed E-state index contributed by atoms with van der Waals surface area (Å²) in [7, 11) is 0. The molecule has 0 radical (unpaired) electrons. The van der Waals surface area contributed by atoms with Crippen LogP contribution in [0.4, 0.5) is 0 Å². The van der Waals surface area contributed by atoms with Gasteiger partial charge in [-0.1, -0.05) is 28.9 Å². The highest BCUT2D eigenvalue weighted by atomic mass is 79.9. The summed E-state index contributed by atoms with van der Waals surface area (Å²) in [4.78, 5) is 12.6. The number of hydrogen-bond acceptors (Lipinski definition) is 2. The number of carbonyl (C=O) groups is 1. The van der Waals surface area contributed by atoms with Gasteiger partial charge in [-0.2, -0.15) is 0 Å². The molecular weight excluding hydrogens is 260 g/mol. The molecule has 0 aliphatic heterocycles. The summed E-state index contributed by atoms with van der Waals surface area (Å²) >= 11 is 4.98. The topological polar surface area (TPSA) is 17.1 Å². The van der Waals surface area contributed by atoms with Gasteiger partial charge in [-0.05, 0) is 30.4 Å². The summed E-state index contributed by atoms with van der Waals surface area (Å²) in [5.74, 6) is 1.20. The minimum absolute atomic E-state index is 0.140. The highest BCUT2D eigenvalue weighted by Crippen LogP contribution is 2.23. The van der Waals surface area contributed by atoms with Crippen LogP contribution in [-0.2, 0) is 0 Å². The van der Waals surface area contributed by atoms with Crippen molar-refractivity contribution in [1.82, 2.24) is 0 Å². The summed E-state index contributed by atoms with van der Waals surface area (Å²) < 4.78 is 0. The largest absolute Gasteiger partial charge is 0.293 e. The van der Waals surface area contributed by atoms with Crippen LogP contribution in [0.25, 0.3) is 0 Å². The number of ketones is 1. The summed E-state index contributed by atoms with van der Waals surface area (Å²) in [5, 5.41) is 0.396. The van der Waals surface area contributed by atoms with Crippen molar-refractivity contribution in [3.05, 3.63) is 29.3 Å². The summed E-state index contributed by atoms with van der Waals surface area (Å²) in [6.45, 7) is 4.17. The van der Waals surface area contributed by atoms with Crippen molar-refractivity contribution in [1.29, 1.82) is 0 Å². The van der Waals surface area contributed by atoms with E-state index in [1.165, 1.54) is 10.5 Å². The van der Waals surface area contributed by atoms with Gasteiger partial charge in [0.15, 0.2) is 5.78 Å². The average Bonchev–Trinajstić information content (AvgIpc) is 2.20. The molecule has 1 aromatic carbocycles. The second-order valence-electron chi connectivity index (χ2n) is 2.97. The molecule has 1 aromatic rings. The van der Waals surface area contributed by atoms with Crippen molar-refractivity contribution in [3.8, 4) is 0 Å². The van der Waals surface area contributed by atoms with Crippen LogP contribution in [0.2, 0.25) is 0 Å². The van der Waals surface area contributed by atoms with Gasteiger partial charge in [0.05, 0.1) is 5.33 Å². The maximum absolute atomic E-state index is 11.4. The molecule has 0 saturated heterocycles. The van der Waals surface area contributed by atoms with Crippen LogP contribution >= 0.6 is 27.7 Å². The van der Waals surface area contributed by atoms with Crippen LogP contribution in [-0.4, -0.2) is 16.9 Å². The van der Waals surface area contributed by atoms with Crippen molar-refractivity contribution in [2.45, 2.75) is 18.7 Å². The number of rotatable bonds is 4. The molecule has 1 rings (SSSR count). The van der Waals surface area contributed by atoms with Gasteiger partial charge >= 0.3 is 0 Å². The van der Waals surface area contributed by atoms with Crippen LogP contribution in [0.3, 0.4) is 0 Å². The molecule has 0 spiro atoms. The van der Waals surface area contributed by atoms with E-state index < -0.39 is 0 Å². The number of halogens is 1. The monoisotopic (exact) mass is 272 g/mol. The fourth-order valence-electron chi connectivity index (χ4n) is 1.22. The molecule has 0 heterocycles. The molecule has 14 heavy (non-hydrogen) atoms. The maximum Gasteiger partial charge on any atom is 0.173 e. The molecule has 0 aromatic heterocycles. The molecule has 0 atom stereocenters. The van der Waals surface area contributed by atoms with Crippen LogP contribution in [0.15, 0.2) is 23.1 Å². The molecule has 0 aliphatic carbocycles. The third-order valence-corrected chi connectivity index (χ3v) is 3.49. The third-order valence-electron chi connectivity index (χ3n) is 1.92. The van der Waals surface area contributed by atoms with Gasteiger partial charge in [0.25, 0.3) is 0 Å². The Hall–Kier alpha value is -0.280. The van der Waals surface area contributed by atoms with Crippen molar-refractivity contribution in [2.75, 3.05) is 11.1 Å². The third kappa shape index (κ3) is 2.85. The van der Waals surface area contributed by atoms with E-state index in [2.05, 4.69) is 22.9 Å². The number of benzene rings is 1. The number of carbonyl (C=O) groups excluding carboxylic acids is 1. The first-order chi connectivity index (χ1) is 6.69. The van der Waals surface area contributed by atoms with Gasteiger partial charge in [-0.25, -0.2) is 0 Å². The summed E-state index contributed by atoms with van der Waals surface area (Å²) in [6, 6.07) is 5.88. The fraction of sp³-hybridized carbons (Fsp3) is 0.364. The van der Waals surface area contributed by atoms with E-state index in [9.17, 15) is 4.79 Å². The molecule has 0 bridgehead atoms. The van der Waals surface area contributed by atoms with Gasteiger partial charge in [0, 0.05) is 10.5 Å². The fourth-order valence-corrected chi connectivity index (χ4v) is 2.30. The van der Waals surface area contributed by atoms with Gasteiger partial charge in [-0.3, -0.25) is 4.79 Å². The Kier molecular flexibility index (Phi) is 4.69. The number of aryl methyl sites for hydroxylation is 1. The Morgan fingerprint density at radius 2 is 2.21 bits per heavy atom. The van der Waals surface area contributed by atoms with Crippen molar-refractivity contribution in [2.24, 2.45) is 0 Å². The Bertz CT molecular complexity index is 336. The van der Waals surface area contributed by atoms with Gasteiger partial charge in [0.2, 0.25) is 0 Å². The number of alkyl halides is 1. The lowest BCUT2D eigenvalue weighted by Crippen LogP contribution is -2.00. The van der Waals surface area contributed by atoms with E-state index in [0.717, 1.165) is 11.3 Å². The number of Topliss-reactive ketones (excluding diaryl/α,β-unsaturated/α-hetero) is 1. The Balaban J connectivity index is 2.94. The standard InChI is InChI=1S/C11H13BrOS/c1-3-14-11-5-4-9(6-8(11)2)10(13)7-12/h4-6H,3,7H2,1-2H3. The first kappa shape index (κ1) is 11.8. The quantitative estimate of drug-likeness (QED) is 0.473.